The molecule has 0 aromatic heterocycles. The summed E-state index contributed by atoms with van der Waals surface area (Å²) in [5.41, 5.74) is 6.43. The van der Waals surface area contributed by atoms with E-state index in [0.29, 0.717) is 5.75 Å². The molecule has 0 bridgehead atoms. The lowest BCUT2D eigenvalue weighted by Gasteiger charge is -2.36. The number of aryl methyl sites for hydroxylation is 2. The monoisotopic (exact) mass is 396 g/mol. The van der Waals surface area contributed by atoms with E-state index in [1.807, 2.05) is 13.0 Å². The average molecular weight is 397 g/mol. The Balaban J connectivity index is 1.79. The van der Waals surface area contributed by atoms with E-state index in [2.05, 4.69) is 52.8 Å². The Hall–Kier alpha value is -1.96. The second-order valence-electron chi connectivity index (χ2n) is 9.30. The van der Waals surface area contributed by atoms with Gasteiger partial charge in [-0.15, -0.1) is 0 Å². The fraction of sp³-hybridized carbons (Fsp3) is 0.556. The molecular weight excluding hydrogens is 356 g/mol. The van der Waals surface area contributed by atoms with Crippen LogP contribution in [-0.2, 0) is 6.42 Å². The molecule has 0 unspecified atom stereocenters. The molecular formula is C27H40O2. The number of aromatic hydroxyl groups is 1. The van der Waals surface area contributed by atoms with Crippen LogP contribution < -0.4 is 4.74 Å². The van der Waals surface area contributed by atoms with Crippen LogP contribution in [-0.4, -0.2) is 10.7 Å². The van der Waals surface area contributed by atoms with Crippen LogP contribution in [0.5, 0.6) is 11.5 Å². The van der Waals surface area contributed by atoms with Crippen LogP contribution in [0.1, 0.15) is 90.7 Å². The maximum absolute atomic E-state index is 9.80. The first-order valence-corrected chi connectivity index (χ1v) is 11.1. The summed E-state index contributed by atoms with van der Waals surface area (Å²) in [5.74, 6) is 1.32. The largest absolute Gasteiger partial charge is 0.508 e. The van der Waals surface area contributed by atoms with Crippen molar-refractivity contribution in [3.05, 3.63) is 58.2 Å². The normalized spacial score (nSPS) is 19.5. The molecule has 1 heterocycles. The molecule has 2 nitrogen and oxygen atoms in total. The van der Waals surface area contributed by atoms with Crippen molar-refractivity contribution < 1.29 is 9.84 Å². The number of hydrogen-bond acceptors (Lipinski definition) is 2. The van der Waals surface area contributed by atoms with Crippen LogP contribution >= 0.6 is 0 Å². The Kier molecular flexibility index (Phi) is 8.61. The maximum atomic E-state index is 9.80. The van der Waals surface area contributed by atoms with Crippen LogP contribution in [0.25, 0.3) is 0 Å². The second-order valence-corrected chi connectivity index (χ2v) is 9.30. The van der Waals surface area contributed by atoms with Crippen LogP contribution in [0, 0.1) is 6.92 Å². The molecule has 1 aliphatic rings. The maximum Gasteiger partial charge on any atom is 0.126 e. The number of rotatable bonds is 9. The van der Waals surface area contributed by atoms with Gasteiger partial charge >= 0.3 is 0 Å². The predicted molar refractivity (Wildman–Crippen MR) is 125 cm³/mol. The average Bonchev–Trinajstić information content (AvgIpc) is 2.62. The van der Waals surface area contributed by atoms with Gasteiger partial charge in [-0.3, -0.25) is 0 Å². The highest BCUT2D eigenvalue weighted by molar-refractivity contribution is 5.47. The first-order valence-electron chi connectivity index (χ1n) is 11.1. The SMILES string of the molecule is CC(C)=CCC/C(C)=C\CC/C(C)=C/CC[C@@]1(C)CCc2cc(O)cc(C)c2O1. The third kappa shape index (κ3) is 7.76. The third-order valence-electron chi connectivity index (χ3n) is 5.90. The fourth-order valence-electron chi connectivity index (χ4n) is 3.99. The number of phenols is 1. The van der Waals surface area contributed by atoms with E-state index in [0.717, 1.165) is 61.8 Å². The summed E-state index contributed by atoms with van der Waals surface area (Å²) in [6.45, 7) is 13.1. The molecule has 1 N–H and O–H groups in total. The molecule has 0 radical (unpaired) electrons. The van der Waals surface area contributed by atoms with E-state index in [1.165, 1.54) is 23.1 Å². The molecule has 2 heteroatoms. The Morgan fingerprint density at radius 3 is 2.28 bits per heavy atom. The zero-order chi connectivity index (χ0) is 21.4. The molecule has 1 aromatic rings. The molecule has 1 aromatic carbocycles. The number of ether oxygens (including phenoxy) is 1. The molecule has 0 aliphatic carbocycles. The lowest BCUT2D eigenvalue weighted by Crippen LogP contribution is -2.36. The van der Waals surface area contributed by atoms with Crippen molar-refractivity contribution in [2.24, 2.45) is 0 Å². The van der Waals surface area contributed by atoms with Crippen molar-refractivity contribution in [1.29, 1.82) is 0 Å². The molecule has 0 spiro atoms. The Labute approximate surface area is 178 Å². The number of hydrogen-bond donors (Lipinski definition) is 1. The summed E-state index contributed by atoms with van der Waals surface area (Å²) in [6.07, 6.45) is 15.8. The summed E-state index contributed by atoms with van der Waals surface area (Å²) in [7, 11) is 0. The second kappa shape index (κ2) is 10.7. The van der Waals surface area contributed by atoms with E-state index >= 15 is 0 Å². The van der Waals surface area contributed by atoms with Crippen LogP contribution in [0.2, 0.25) is 0 Å². The molecule has 0 saturated carbocycles. The highest BCUT2D eigenvalue weighted by Gasteiger charge is 2.31. The third-order valence-corrected chi connectivity index (χ3v) is 5.90. The molecule has 1 atom stereocenters. The smallest absolute Gasteiger partial charge is 0.126 e. The Morgan fingerprint density at radius 1 is 1.00 bits per heavy atom. The van der Waals surface area contributed by atoms with Gasteiger partial charge in [0.05, 0.1) is 0 Å². The summed E-state index contributed by atoms with van der Waals surface area (Å²) in [6, 6.07) is 3.64. The molecule has 29 heavy (non-hydrogen) atoms. The molecule has 0 amide bonds. The minimum Gasteiger partial charge on any atom is -0.508 e. The highest BCUT2D eigenvalue weighted by atomic mass is 16.5. The van der Waals surface area contributed by atoms with Crippen molar-refractivity contribution in [2.45, 2.75) is 98.5 Å². The topological polar surface area (TPSA) is 29.5 Å². The quantitative estimate of drug-likeness (QED) is 0.429. The van der Waals surface area contributed by atoms with Crippen LogP contribution in [0.4, 0.5) is 0 Å². The zero-order valence-electron chi connectivity index (χ0n) is 19.4. The van der Waals surface area contributed by atoms with Gasteiger partial charge in [0.1, 0.15) is 17.1 Å². The summed E-state index contributed by atoms with van der Waals surface area (Å²) < 4.78 is 6.40. The van der Waals surface area contributed by atoms with Crippen molar-refractivity contribution in [2.75, 3.05) is 0 Å². The van der Waals surface area contributed by atoms with Gasteiger partial charge in [0.15, 0.2) is 0 Å². The van der Waals surface area contributed by atoms with E-state index in [-0.39, 0.29) is 5.60 Å². The van der Waals surface area contributed by atoms with E-state index in [4.69, 9.17) is 4.74 Å². The van der Waals surface area contributed by atoms with Gasteiger partial charge in [-0.1, -0.05) is 34.9 Å². The lowest BCUT2D eigenvalue weighted by atomic mass is 9.87. The number of phenolic OH excluding ortho intramolecular Hbond substituents is 1. The fourth-order valence-corrected chi connectivity index (χ4v) is 3.99. The van der Waals surface area contributed by atoms with Gasteiger partial charge < -0.3 is 9.84 Å². The number of benzene rings is 1. The van der Waals surface area contributed by atoms with E-state index in [1.54, 1.807) is 6.07 Å². The minimum absolute atomic E-state index is 0.118. The van der Waals surface area contributed by atoms with Gasteiger partial charge in [-0.05, 0) is 116 Å². The van der Waals surface area contributed by atoms with E-state index < -0.39 is 0 Å². The standard InChI is InChI=1S/C27H40O2/c1-20(2)10-7-11-21(3)12-8-13-22(4)14-9-16-27(6)17-15-24-19-25(28)18-23(5)26(24)29-27/h10,12,14,18-19,28H,7-9,11,13,15-17H2,1-6H3/b21-12-,22-14+/t27-/m0/s1. The van der Waals surface area contributed by atoms with E-state index in [9.17, 15) is 5.11 Å². The zero-order valence-corrected chi connectivity index (χ0v) is 19.4. The van der Waals surface area contributed by atoms with Crippen molar-refractivity contribution in [3.8, 4) is 11.5 Å². The van der Waals surface area contributed by atoms with Gasteiger partial charge in [0, 0.05) is 0 Å². The van der Waals surface area contributed by atoms with Crippen molar-refractivity contribution in [1.82, 2.24) is 0 Å². The summed E-state index contributed by atoms with van der Waals surface area (Å²) in [5, 5.41) is 9.80. The summed E-state index contributed by atoms with van der Waals surface area (Å²) in [4.78, 5) is 0. The Morgan fingerprint density at radius 2 is 1.62 bits per heavy atom. The minimum atomic E-state index is -0.118. The molecule has 160 valence electrons. The molecule has 0 fully saturated rings. The van der Waals surface area contributed by atoms with Crippen molar-refractivity contribution >= 4 is 0 Å². The van der Waals surface area contributed by atoms with Crippen molar-refractivity contribution in [3.63, 3.8) is 0 Å². The van der Waals surface area contributed by atoms with Crippen LogP contribution in [0.15, 0.2) is 47.1 Å². The Bertz CT molecular complexity index is 778. The highest BCUT2D eigenvalue weighted by Crippen LogP contribution is 2.39. The number of fused-ring (bicyclic) bond motifs is 1. The summed E-state index contributed by atoms with van der Waals surface area (Å²) >= 11 is 0. The molecule has 0 saturated heterocycles. The first-order chi connectivity index (χ1) is 13.7. The van der Waals surface area contributed by atoms with Gasteiger partial charge in [0.25, 0.3) is 0 Å². The molecule has 1 aliphatic heterocycles. The van der Waals surface area contributed by atoms with Gasteiger partial charge in [-0.25, -0.2) is 0 Å². The predicted octanol–water partition coefficient (Wildman–Crippen LogP) is 7.98. The van der Waals surface area contributed by atoms with Crippen LogP contribution in [0.3, 0.4) is 0 Å². The lowest BCUT2D eigenvalue weighted by molar-refractivity contribution is 0.0561. The number of allylic oxidation sites excluding steroid dienone is 6. The first kappa shape index (κ1) is 23.3. The van der Waals surface area contributed by atoms with Gasteiger partial charge in [-0.2, -0.15) is 0 Å². The molecule has 2 rings (SSSR count). The van der Waals surface area contributed by atoms with Gasteiger partial charge in [0.2, 0.25) is 0 Å².